The van der Waals surface area contributed by atoms with Crippen molar-refractivity contribution < 1.29 is 9.53 Å². The van der Waals surface area contributed by atoms with E-state index in [1.54, 1.807) is 13.2 Å². The number of benzene rings is 2. The molecule has 2 aromatic carbocycles. The van der Waals surface area contributed by atoms with Gasteiger partial charge in [-0.2, -0.15) is 5.10 Å². The van der Waals surface area contributed by atoms with E-state index in [4.69, 9.17) is 4.74 Å². The number of anilines is 1. The zero-order chi connectivity index (χ0) is 17.4. The Balaban J connectivity index is 1.81. The van der Waals surface area contributed by atoms with Crippen molar-refractivity contribution >= 4 is 11.6 Å². The van der Waals surface area contributed by atoms with Crippen LogP contribution >= 0.6 is 0 Å². The number of hydrogen-bond acceptors (Lipinski definition) is 3. The molecule has 126 valence electrons. The second-order valence-electron chi connectivity index (χ2n) is 6.17. The summed E-state index contributed by atoms with van der Waals surface area (Å²) in [5, 5.41) is 4.37. The van der Waals surface area contributed by atoms with Crippen LogP contribution < -0.4 is 9.64 Å². The average Bonchev–Trinajstić information content (AvgIpc) is 2.90. The standard InChI is InChI=1S/C20H19N3O2/c1-22-19-11-14-6-3-4-9-18(14)23(13-16(19)12-21-22)20(24)15-7-5-8-17(10-15)25-2/h3-10,12H,11,13H2,1-2H3. The number of rotatable bonds is 2. The van der Waals surface area contributed by atoms with Gasteiger partial charge in [0.25, 0.3) is 5.91 Å². The smallest absolute Gasteiger partial charge is 0.258 e. The maximum atomic E-state index is 13.2. The molecular weight excluding hydrogens is 314 g/mol. The van der Waals surface area contributed by atoms with Gasteiger partial charge in [-0.15, -0.1) is 0 Å². The highest BCUT2D eigenvalue weighted by Crippen LogP contribution is 2.31. The largest absolute Gasteiger partial charge is 0.497 e. The average molecular weight is 333 g/mol. The summed E-state index contributed by atoms with van der Waals surface area (Å²) in [5.41, 5.74) is 4.91. The van der Waals surface area contributed by atoms with Crippen molar-refractivity contribution in [2.75, 3.05) is 12.0 Å². The molecule has 0 N–H and O–H groups in total. The molecule has 5 heteroatoms. The topological polar surface area (TPSA) is 47.4 Å². The number of hydrogen-bond donors (Lipinski definition) is 0. The lowest BCUT2D eigenvalue weighted by molar-refractivity contribution is 0.0985. The number of amides is 1. The van der Waals surface area contributed by atoms with E-state index in [0.717, 1.165) is 28.9 Å². The summed E-state index contributed by atoms with van der Waals surface area (Å²) in [6.45, 7) is 0.510. The van der Waals surface area contributed by atoms with Crippen LogP contribution in [0.1, 0.15) is 27.2 Å². The summed E-state index contributed by atoms with van der Waals surface area (Å²) in [6, 6.07) is 15.3. The number of fused-ring (bicyclic) bond motifs is 2. The number of methoxy groups -OCH3 is 1. The lowest BCUT2D eigenvalue weighted by atomic mass is 10.1. The Hall–Kier alpha value is -3.08. The highest BCUT2D eigenvalue weighted by atomic mass is 16.5. The molecule has 4 rings (SSSR count). The maximum Gasteiger partial charge on any atom is 0.258 e. The van der Waals surface area contributed by atoms with Crippen LogP contribution in [-0.2, 0) is 20.0 Å². The molecule has 0 saturated carbocycles. The van der Waals surface area contributed by atoms with Crippen LogP contribution in [0.3, 0.4) is 0 Å². The molecule has 1 aromatic heterocycles. The predicted octanol–water partition coefficient (Wildman–Crippen LogP) is 3.18. The Kier molecular flexibility index (Phi) is 3.76. The van der Waals surface area contributed by atoms with E-state index in [0.29, 0.717) is 17.9 Å². The van der Waals surface area contributed by atoms with Crippen molar-refractivity contribution in [1.29, 1.82) is 0 Å². The molecule has 5 nitrogen and oxygen atoms in total. The Morgan fingerprint density at radius 1 is 1.12 bits per heavy atom. The van der Waals surface area contributed by atoms with Gasteiger partial charge in [0.1, 0.15) is 5.75 Å². The molecule has 0 bridgehead atoms. The fourth-order valence-corrected chi connectivity index (χ4v) is 3.32. The normalized spacial score (nSPS) is 13.0. The molecule has 0 spiro atoms. The van der Waals surface area contributed by atoms with Crippen LogP contribution in [-0.4, -0.2) is 22.8 Å². The number of para-hydroxylation sites is 1. The zero-order valence-corrected chi connectivity index (χ0v) is 14.3. The second kappa shape index (κ2) is 6.09. The lowest BCUT2D eigenvalue weighted by Crippen LogP contribution is -2.30. The maximum absolute atomic E-state index is 13.2. The summed E-state index contributed by atoms with van der Waals surface area (Å²) in [6.07, 6.45) is 2.62. The summed E-state index contributed by atoms with van der Waals surface area (Å²) in [5.74, 6) is 0.638. The lowest BCUT2D eigenvalue weighted by Gasteiger charge is -2.23. The molecule has 1 aliphatic heterocycles. The third kappa shape index (κ3) is 2.67. The summed E-state index contributed by atoms with van der Waals surface area (Å²) in [7, 11) is 3.55. The van der Waals surface area contributed by atoms with Gasteiger partial charge in [-0.05, 0) is 29.8 Å². The Morgan fingerprint density at radius 2 is 1.96 bits per heavy atom. The van der Waals surface area contributed by atoms with Gasteiger partial charge in [-0.3, -0.25) is 9.48 Å². The quantitative estimate of drug-likeness (QED) is 0.724. The summed E-state index contributed by atoms with van der Waals surface area (Å²) in [4.78, 5) is 15.1. The number of aromatic nitrogens is 2. The zero-order valence-electron chi connectivity index (χ0n) is 14.3. The van der Waals surface area contributed by atoms with Crippen molar-refractivity contribution in [2.45, 2.75) is 13.0 Å². The summed E-state index contributed by atoms with van der Waals surface area (Å²) >= 11 is 0. The van der Waals surface area contributed by atoms with Crippen LogP contribution in [0.15, 0.2) is 54.7 Å². The van der Waals surface area contributed by atoms with Gasteiger partial charge in [-0.25, -0.2) is 0 Å². The van der Waals surface area contributed by atoms with Crippen LogP contribution in [0.5, 0.6) is 5.75 Å². The van der Waals surface area contributed by atoms with Gasteiger partial charge in [0, 0.05) is 36.0 Å². The second-order valence-corrected chi connectivity index (χ2v) is 6.17. The van der Waals surface area contributed by atoms with Crippen LogP contribution in [0.4, 0.5) is 5.69 Å². The van der Waals surface area contributed by atoms with Crippen LogP contribution in [0.25, 0.3) is 0 Å². The number of ether oxygens (including phenoxy) is 1. The predicted molar refractivity (Wildman–Crippen MR) is 96.0 cm³/mol. The first-order chi connectivity index (χ1) is 12.2. The van der Waals surface area contributed by atoms with Gasteiger partial charge in [-0.1, -0.05) is 24.3 Å². The molecule has 0 fully saturated rings. The van der Waals surface area contributed by atoms with Crippen molar-refractivity contribution in [3.63, 3.8) is 0 Å². The Morgan fingerprint density at radius 3 is 2.80 bits per heavy atom. The molecule has 0 unspecified atom stereocenters. The molecule has 2 heterocycles. The van der Waals surface area contributed by atoms with Crippen molar-refractivity contribution in [3.8, 4) is 5.75 Å². The SMILES string of the molecule is COc1cccc(C(=O)N2Cc3cnn(C)c3Cc3ccccc32)c1. The molecule has 1 aliphatic rings. The first kappa shape index (κ1) is 15.4. The number of carbonyl (C=O) groups excluding carboxylic acids is 1. The van der Waals surface area contributed by atoms with E-state index in [9.17, 15) is 4.79 Å². The van der Waals surface area contributed by atoms with Gasteiger partial charge in [0.2, 0.25) is 0 Å². The molecule has 0 atom stereocenters. The molecule has 0 aliphatic carbocycles. The minimum atomic E-state index is -0.0388. The minimum Gasteiger partial charge on any atom is -0.497 e. The van der Waals surface area contributed by atoms with Crippen molar-refractivity contribution in [1.82, 2.24) is 9.78 Å². The molecule has 3 aromatic rings. The first-order valence-electron chi connectivity index (χ1n) is 8.21. The monoisotopic (exact) mass is 333 g/mol. The molecule has 0 radical (unpaired) electrons. The van der Waals surface area contributed by atoms with Crippen LogP contribution in [0, 0.1) is 0 Å². The first-order valence-corrected chi connectivity index (χ1v) is 8.21. The van der Waals surface area contributed by atoms with E-state index in [2.05, 4.69) is 11.2 Å². The van der Waals surface area contributed by atoms with Gasteiger partial charge < -0.3 is 9.64 Å². The van der Waals surface area contributed by atoms with Crippen LogP contribution in [0.2, 0.25) is 0 Å². The molecule has 1 amide bonds. The number of aryl methyl sites for hydroxylation is 1. The third-order valence-electron chi connectivity index (χ3n) is 4.68. The van der Waals surface area contributed by atoms with E-state index >= 15 is 0 Å². The third-order valence-corrected chi connectivity index (χ3v) is 4.68. The van der Waals surface area contributed by atoms with Crippen molar-refractivity contribution in [2.24, 2.45) is 7.05 Å². The fourth-order valence-electron chi connectivity index (χ4n) is 3.32. The van der Waals surface area contributed by atoms with Gasteiger partial charge >= 0.3 is 0 Å². The van der Waals surface area contributed by atoms with E-state index in [1.165, 1.54) is 0 Å². The number of nitrogens with zero attached hydrogens (tertiary/aromatic N) is 3. The van der Waals surface area contributed by atoms with Crippen molar-refractivity contribution in [3.05, 3.63) is 77.1 Å². The highest BCUT2D eigenvalue weighted by Gasteiger charge is 2.26. The highest BCUT2D eigenvalue weighted by molar-refractivity contribution is 6.06. The molecule has 0 saturated heterocycles. The van der Waals surface area contributed by atoms with Gasteiger partial charge in [0.05, 0.1) is 19.9 Å². The van der Waals surface area contributed by atoms with E-state index in [-0.39, 0.29) is 5.91 Å². The Bertz CT molecular complexity index is 946. The van der Waals surface area contributed by atoms with Gasteiger partial charge in [0.15, 0.2) is 0 Å². The Labute approximate surface area is 146 Å². The minimum absolute atomic E-state index is 0.0388. The van der Waals surface area contributed by atoms with E-state index in [1.807, 2.05) is 59.2 Å². The molecule has 25 heavy (non-hydrogen) atoms. The van der Waals surface area contributed by atoms with E-state index < -0.39 is 0 Å². The molecular formula is C20H19N3O2. The number of carbonyl (C=O) groups is 1. The fraction of sp³-hybridized carbons (Fsp3) is 0.200. The summed E-state index contributed by atoms with van der Waals surface area (Å²) < 4.78 is 7.16.